The van der Waals surface area contributed by atoms with Crippen LogP contribution in [0.3, 0.4) is 0 Å². The highest BCUT2D eigenvalue weighted by molar-refractivity contribution is 5.25. The van der Waals surface area contributed by atoms with E-state index in [1.54, 1.807) is 6.07 Å². The Morgan fingerprint density at radius 1 is 0.844 bits per heavy atom. The van der Waals surface area contributed by atoms with Crippen LogP contribution >= 0.6 is 0 Å². The highest BCUT2D eigenvalue weighted by atomic mass is 19.4. The lowest BCUT2D eigenvalue weighted by atomic mass is 9.91. The maximum Gasteiger partial charge on any atom is 0.416 e. The lowest BCUT2D eigenvalue weighted by Gasteiger charge is -2.38. The van der Waals surface area contributed by atoms with Crippen LogP contribution in [0.4, 0.5) is 13.2 Å². The molecule has 6 heteroatoms. The molecule has 0 radical (unpaired) electrons. The molecule has 0 saturated heterocycles. The molecule has 0 fully saturated rings. The van der Waals surface area contributed by atoms with E-state index >= 15 is 0 Å². The van der Waals surface area contributed by atoms with Gasteiger partial charge in [0, 0.05) is 5.92 Å². The first-order valence-corrected chi connectivity index (χ1v) is 12.2. The largest absolute Gasteiger partial charge is 0.416 e. The van der Waals surface area contributed by atoms with Crippen molar-refractivity contribution in [3.05, 3.63) is 35.4 Å². The predicted octanol–water partition coefficient (Wildman–Crippen LogP) is 7.89. The molecule has 0 bridgehead atoms. The van der Waals surface area contributed by atoms with Crippen molar-refractivity contribution in [3.8, 4) is 0 Å². The molecule has 1 N–H and O–H groups in total. The second-order valence-corrected chi connectivity index (χ2v) is 9.31. The topological polar surface area (TPSA) is 38.7 Å². The average molecular weight is 461 g/mol. The number of hydrogen-bond acceptors (Lipinski definition) is 3. The van der Waals surface area contributed by atoms with Gasteiger partial charge in [0.25, 0.3) is 5.97 Å². The fourth-order valence-electron chi connectivity index (χ4n) is 4.03. The number of ether oxygens (including phenoxy) is 2. The van der Waals surface area contributed by atoms with E-state index in [1.165, 1.54) is 37.8 Å². The molecule has 32 heavy (non-hydrogen) atoms. The van der Waals surface area contributed by atoms with E-state index in [1.807, 2.05) is 27.7 Å². The van der Waals surface area contributed by atoms with Crippen molar-refractivity contribution in [2.75, 3.05) is 0 Å². The van der Waals surface area contributed by atoms with Gasteiger partial charge in [0.1, 0.15) is 0 Å². The van der Waals surface area contributed by atoms with Crippen LogP contribution in [-0.2, 0) is 22.1 Å². The molecule has 1 aromatic rings. The number of hydrogen-bond donors (Lipinski definition) is 1. The van der Waals surface area contributed by atoms with Crippen LogP contribution in [0.25, 0.3) is 0 Å². The van der Waals surface area contributed by atoms with Crippen molar-refractivity contribution in [1.29, 1.82) is 0 Å². The SMILES string of the molecule is CCCCCCCCC(CCCc1cccc(C(F)(F)F)c1)C(O)(OC(C)C)OC(C)C. The third-order valence-corrected chi connectivity index (χ3v) is 5.50. The zero-order chi connectivity index (χ0) is 24.2. The van der Waals surface area contributed by atoms with Gasteiger partial charge in [-0.25, -0.2) is 0 Å². The smallest absolute Gasteiger partial charge is 0.343 e. The molecule has 186 valence electrons. The molecule has 0 amide bonds. The Kier molecular flexibility index (Phi) is 12.8. The molecule has 1 rings (SSSR count). The van der Waals surface area contributed by atoms with Crippen LogP contribution < -0.4 is 0 Å². The highest BCUT2D eigenvalue weighted by Gasteiger charge is 2.40. The molecule has 1 unspecified atom stereocenters. The third kappa shape index (κ3) is 11.2. The Labute approximate surface area is 192 Å². The quantitative estimate of drug-likeness (QED) is 0.201. The van der Waals surface area contributed by atoms with Crippen molar-refractivity contribution in [3.63, 3.8) is 0 Å². The first kappa shape index (κ1) is 28.9. The van der Waals surface area contributed by atoms with E-state index in [2.05, 4.69) is 6.92 Å². The molecule has 1 atom stereocenters. The van der Waals surface area contributed by atoms with Gasteiger partial charge in [0.2, 0.25) is 0 Å². The van der Waals surface area contributed by atoms with Gasteiger partial charge in [-0.1, -0.05) is 63.6 Å². The van der Waals surface area contributed by atoms with Crippen LogP contribution in [0.1, 0.15) is 104 Å². The maximum atomic E-state index is 13.0. The van der Waals surface area contributed by atoms with E-state index in [-0.39, 0.29) is 18.1 Å². The number of alkyl halides is 3. The Morgan fingerprint density at radius 2 is 1.41 bits per heavy atom. The lowest BCUT2D eigenvalue weighted by molar-refractivity contribution is -0.407. The van der Waals surface area contributed by atoms with Crippen LogP contribution in [0, 0.1) is 5.92 Å². The van der Waals surface area contributed by atoms with Gasteiger partial charge in [-0.2, -0.15) is 13.2 Å². The normalized spacial score (nSPS) is 13.8. The number of unbranched alkanes of at least 4 members (excludes halogenated alkanes) is 5. The summed E-state index contributed by atoms with van der Waals surface area (Å²) in [7, 11) is 0. The van der Waals surface area contributed by atoms with E-state index < -0.39 is 17.7 Å². The number of benzene rings is 1. The third-order valence-electron chi connectivity index (χ3n) is 5.50. The molecule has 0 aliphatic heterocycles. The van der Waals surface area contributed by atoms with Crippen LogP contribution in [-0.4, -0.2) is 23.3 Å². The summed E-state index contributed by atoms with van der Waals surface area (Å²) in [6, 6.07) is 5.48. The molecular formula is C26H43F3O3. The van der Waals surface area contributed by atoms with Gasteiger partial charge in [-0.05, 0) is 65.0 Å². The van der Waals surface area contributed by atoms with Gasteiger partial charge in [0.05, 0.1) is 17.8 Å². The average Bonchev–Trinajstić information content (AvgIpc) is 2.67. The minimum atomic E-state index is -4.34. The van der Waals surface area contributed by atoms with Gasteiger partial charge < -0.3 is 14.6 Å². The maximum absolute atomic E-state index is 13.0. The Bertz CT molecular complexity index is 619. The summed E-state index contributed by atoms with van der Waals surface area (Å²) in [5.74, 6) is -1.94. The molecule has 0 aromatic heterocycles. The zero-order valence-electron chi connectivity index (χ0n) is 20.5. The van der Waals surface area contributed by atoms with Gasteiger partial charge >= 0.3 is 6.18 Å². The summed E-state index contributed by atoms with van der Waals surface area (Å²) in [5, 5.41) is 11.3. The van der Waals surface area contributed by atoms with Crippen LogP contribution in [0.2, 0.25) is 0 Å². The first-order chi connectivity index (χ1) is 15.0. The van der Waals surface area contributed by atoms with E-state index in [0.29, 0.717) is 24.8 Å². The summed E-state index contributed by atoms with van der Waals surface area (Å²) >= 11 is 0. The van der Waals surface area contributed by atoms with E-state index in [9.17, 15) is 18.3 Å². The molecule has 0 spiro atoms. The highest BCUT2D eigenvalue weighted by Crippen LogP contribution is 2.34. The van der Waals surface area contributed by atoms with Crippen molar-refractivity contribution in [2.45, 2.75) is 123 Å². The molecule has 1 aromatic carbocycles. The summed E-state index contributed by atoms with van der Waals surface area (Å²) in [6.07, 6.45) is 4.61. The fraction of sp³-hybridized carbons (Fsp3) is 0.769. The number of rotatable bonds is 16. The minimum absolute atomic E-state index is 0.214. The summed E-state index contributed by atoms with van der Waals surface area (Å²) in [5.41, 5.74) is 0.0256. The number of aryl methyl sites for hydroxylation is 1. The van der Waals surface area contributed by atoms with E-state index in [4.69, 9.17) is 9.47 Å². The molecule has 0 aliphatic rings. The van der Waals surface area contributed by atoms with Crippen molar-refractivity contribution < 1.29 is 27.8 Å². The van der Waals surface area contributed by atoms with Gasteiger partial charge in [0.15, 0.2) is 0 Å². The second-order valence-electron chi connectivity index (χ2n) is 9.31. The molecule has 0 heterocycles. The molecule has 0 aliphatic carbocycles. The van der Waals surface area contributed by atoms with Crippen molar-refractivity contribution in [1.82, 2.24) is 0 Å². The lowest BCUT2D eigenvalue weighted by Crippen LogP contribution is -2.47. The summed E-state index contributed by atoms with van der Waals surface area (Å²) in [6.45, 7) is 9.63. The first-order valence-electron chi connectivity index (χ1n) is 12.2. The Hall–Kier alpha value is -1.11. The van der Waals surface area contributed by atoms with E-state index in [0.717, 1.165) is 25.3 Å². The van der Waals surface area contributed by atoms with Crippen molar-refractivity contribution >= 4 is 0 Å². The monoisotopic (exact) mass is 460 g/mol. The molecule has 0 saturated carbocycles. The summed E-state index contributed by atoms with van der Waals surface area (Å²) < 4.78 is 50.7. The second kappa shape index (κ2) is 14.2. The Morgan fingerprint density at radius 3 is 1.97 bits per heavy atom. The van der Waals surface area contributed by atoms with Gasteiger partial charge in [-0.15, -0.1) is 0 Å². The molecule has 3 nitrogen and oxygen atoms in total. The van der Waals surface area contributed by atoms with Gasteiger partial charge in [-0.3, -0.25) is 0 Å². The fourth-order valence-corrected chi connectivity index (χ4v) is 4.03. The zero-order valence-corrected chi connectivity index (χ0v) is 20.5. The van der Waals surface area contributed by atoms with Crippen molar-refractivity contribution in [2.24, 2.45) is 5.92 Å². The number of aliphatic hydroxyl groups is 1. The molecular weight excluding hydrogens is 417 g/mol. The standard InChI is InChI=1S/C26H43F3O3/c1-6-7-8-9-10-11-16-23(26(30,31-20(2)3)32-21(4)5)17-12-14-22-15-13-18-24(19-22)25(27,28)29/h13,15,18-21,23,30H,6-12,14,16-17H2,1-5H3. The van der Waals surface area contributed by atoms with Crippen LogP contribution in [0.15, 0.2) is 24.3 Å². The minimum Gasteiger partial charge on any atom is -0.343 e. The number of halogens is 3. The Balaban J connectivity index is 2.82. The van der Waals surface area contributed by atoms with Crippen LogP contribution in [0.5, 0.6) is 0 Å². The predicted molar refractivity (Wildman–Crippen MR) is 123 cm³/mol. The summed E-state index contributed by atoms with van der Waals surface area (Å²) in [4.78, 5) is 0.